The Morgan fingerprint density at radius 1 is 1.04 bits per heavy atom. The Bertz CT molecular complexity index is 1070. The first-order chi connectivity index (χ1) is 12.1. The molecular formula is C20H18N4O. The molecule has 5 heteroatoms. The van der Waals surface area contributed by atoms with Crippen LogP contribution in [0, 0.1) is 13.8 Å². The summed E-state index contributed by atoms with van der Waals surface area (Å²) < 4.78 is 1.95. The van der Waals surface area contributed by atoms with Crippen molar-refractivity contribution in [1.82, 2.24) is 15.2 Å². The number of hydrogen-bond acceptors (Lipinski definition) is 3. The molecule has 0 aliphatic carbocycles. The molecule has 1 aliphatic rings. The normalized spacial score (nSPS) is 15.7. The lowest BCUT2D eigenvalue weighted by Gasteiger charge is -2.09. The minimum Gasteiger partial charge on any atom is -0.267 e. The molecule has 0 saturated carbocycles. The smallest absolute Gasteiger partial charge is 0.267 e. The molecule has 0 radical (unpaired) electrons. The summed E-state index contributed by atoms with van der Waals surface area (Å²) in [7, 11) is 0. The molecule has 5 nitrogen and oxygen atoms in total. The Labute approximate surface area is 145 Å². The van der Waals surface area contributed by atoms with Crippen LogP contribution in [-0.2, 0) is 4.79 Å². The van der Waals surface area contributed by atoms with Crippen molar-refractivity contribution < 1.29 is 4.79 Å². The molecule has 124 valence electrons. The van der Waals surface area contributed by atoms with E-state index in [2.05, 4.69) is 34.8 Å². The minimum absolute atomic E-state index is 0.172. The summed E-state index contributed by atoms with van der Waals surface area (Å²) in [6.07, 6.45) is 1.88. The Morgan fingerprint density at radius 3 is 2.56 bits per heavy atom. The number of benzene rings is 2. The van der Waals surface area contributed by atoms with Gasteiger partial charge in [-0.2, -0.15) is 10.2 Å². The van der Waals surface area contributed by atoms with E-state index in [4.69, 9.17) is 5.10 Å². The van der Waals surface area contributed by atoms with E-state index in [9.17, 15) is 4.79 Å². The van der Waals surface area contributed by atoms with Crippen molar-refractivity contribution in [1.29, 1.82) is 0 Å². The molecule has 0 atom stereocenters. The fourth-order valence-corrected chi connectivity index (χ4v) is 3.22. The number of aromatic nitrogens is 2. The maximum Gasteiger partial charge on any atom is 0.273 e. The van der Waals surface area contributed by atoms with Gasteiger partial charge >= 0.3 is 0 Å². The minimum atomic E-state index is -0.172. The van der Waals surface area contributed by atoms with Crippen molar-refractivity contribution in [2.24, 2.45) is 5.10 Å². The van der Waals surface area contributed by atoms with Crippen LogP contribution in [0.3, 0.4) is 0 Å². The molecule has 3 aromatic rings. The van der Waals surface area contributed by atoms with Gasteiger partial charge in [0.05, 0.1) is 22.7 Å². The molecule has 0 unspecified atom stereocenters. The second kappa shape index (κ2) is 5.70. The van der Waals surface area contributed by atoms with Crippen molar-refractivity contribution in [3.8, 4) is 5.69 Å². The number of carbonyl (C=O) groups is 1. The zero-order chi connectivity index (χ0) is 17.6. The van der Waals surface area contributed by atoms with E-state index in [0.29, 0.717) is 11.3 Å². The molecule has 4 rings (SSSR count). The van der Waals surface area contributed by atoms with Crippen LogP contribution < -0.4 is 5.43 Å². The van der Waals surface area contributed by atoms with Crippen LogP contribution in [0.5, 0.6) is 0 Å². The van der Waals surface area contributed by atoms with Crippen molar-refractivity contribution >= 4 is 28.5 Å². The number of hydrogen-bond donors (Lipinski definition) is 1. The first-order valence-electron chi connectivity index (χ1n) is 8.17. The number of amides is 1. The van der Waals surface area contributed by atoms with Crippen LogP contribution in [-0.4, -0.2) is 21.4 Å². The number of nitrogens with one attached hydrogen (secondary N) is 1. The van der Waals surface area contributed by atoms with E-state index < -0.39 is 0 Å². The second-order valence-corrected chi connectivity index (χ2v) is 6.19. The molecule has 0 saturated heterocycles. The summed E-state index contributed by atoms with van der Waals surface area (Å²) in [6.45, 7) is 5.80. The standard InChI is InChI=1S/C20H18N4O/c1-12-18(20(25)22-21-12)11-17-13(2)23-24(14(17)3)19-10-6-8-15-7-4-5-9-16(15)19/h4-11H,1-3H3,(H,22,25)/b18-11-. The molecule has 2 heterocycles. The lowest BCUT2D eigenvalue weighted by Crippen LogP contribution is -2.12. The van der Waals surface area contributed by atoms with Gasteiger partial charge in [-0.05, 0) is 38.3 Å². The summed E-state index contributed by atoms with van der Waals surface area (Å²) >= 11 is 0. The number of fused-ring (bicyclic) bond motifs is 1. The Kier molecular flexibility index (Phi) is 3.50. The fourth-order valence-electron chi connectivity index (χ4n) is 3.22. The zero-order valence-electron chi connectivity index (χ0n) is 14.4. The van der Waals surface area contributed by atoms with Gasteiger partial charge in [0.2, 0.25) is 0 Å². The topological polar surface area (TPSA) is 59.3 Å². The highest BCUT2D eigenvalue weighted by Gasteiger charge is 2.21. The highest BCUT2D eigenvalue weighted by molar-refractivity contribution is 6.26. The van der Waals surface area contributed by atoms with Gasteiger partial charge in [-0.25, -0.2) is 10.1 Å². The van der Waals surface area contributed by atoms with E-state index >= 15 is 0 Å². The molecule has 0 spiro atoms. The monoisotopic (exact) mass is 330 g/mol. The summed E-state index contributed by atoms with van der Waals surface area (Å²) in [5.41, 5.74) is 7.64. The van der Waals surface area contributed by atoms with Crippen molar-refractivity contribution in [3.05, 3.63) is 65.0 Å². The van der Waals surface area contributed by atoms with E-state index in [0.717, 1.165) is 28.0 Å². The third-order valence-corrected chi connectivity index (χ3v) is 4.59. The third-order valence-electron chi connectivity index (χ3n) is 4.59. The summed E-state index contributed by atoms with van der Waals surface area (Å²) in [5, 5.41) is 11.0. The molecule has 0 bridgehead atoms. The van der Waals surface area contributed by atoms with E-state index in [-0.39, 0.29) is 5.91 Å². The van der Waals surface area contributed by atoms with Gasteiger partial charge in [0.1, 0.15) is 0 Å². The Morgan fingerprint density at radius 2 is 1.80 bits per heavy atom. The summed E-state index contributed by atoms with van der Waals surface area (Å²) in [5.74, 6) is -0.172. The van der Waals surface area contributed by atoms with Crippen molar-refractivity contribution in [2.45, 2.75) is 20.8 Å². The highest BCUT2D eigenvalue weighted by Crippen LogP contribution is 2.26. The number of carbonyl (C=O) groups excluding carboxylic acids is 1. The van der Waals surface area contributed by atoms with Gasteiger partial charge in [0.25, 0.3) is 5.91 Å². The van der Waals surface area contributed by atoms with Gasteiger partial charge < -0.3 is 0 Å². The lowest BCUT2D eigenvalue weighted by atomic mass is 10.1. The van der Waals surface area contributed by atoms with Gasteiger partial charge in [-0.1, -0.05) is 36.4 Å². The lowest BCUT2D eigenvalue weighted by molar-refractivity contribution is -0.116. The largest absolute Gasteiger partial charge is 0.273 e. The fraction of sp³-hybridized carbons (Fsp3) is 0.150. The van der Waals surface area contributed by atoms with Crippen LogP contribution in [0.1, 0.15) is 23.9 Å². The number of hydrazone groups is 1. The Balaban J connectivity index is 1.90. The molecule has 2 aromatic carbocycles. The summed E-state index contributed by atoms with van der Waals surface area (Å²) in [4.78, 5) is 11.9. The average Bonchev–Trinajstić information content (AvgIpc) is 3.08. The van der Waals surface area contributed by atoms with Crippen LogP contribution in [0.4, 0.5) is 0 Å². The quantitative estimate of drug-likeness (QED) is 0.731. The maximum absolute atomic E-state index is 11.9. The molecule has 25 heavy (non-hydrogen) atoms. The maximum atomic E-state index is 11.9. The van der Waals surface area contributed by atoms with Gasteiger partial charge in [0, 0.05) is 16.6 Å². The van der Waals surface area contributed by atoms with Gasteiger partial charge in [-0.15, -0.1) is 0 Å². The first-order valence-corrected chi connectivity index (χ1v) is 8.17. The summed E-state index contributed by atoms with van der Waals surface area (Å²) in [6, 6.07) is 14.4. The number of rotatable bonds is 2. The predicted octanol–water partition coefficient (Wildman–Crippen LogP) is 3.53. The van der Waals surface area contributed by atoms with Crippen LogP contribution in [0.25, 0.3) is 22.5 Å². The average molecular weight is 330 g/mol. The first kappa shape index (κ1) is 15.3. The van der Waals surface area contributed by atoms with E-state index in [1.807, 2.05) is 49.7 Å². The molecule has 1 N–H and O–H groups in total. The number of aryl methyl sites for hydroxylation is 1. The SMILES string of the molecule is CC1=NNC(=O)/C1=C\c1c(C)nn(-c2cccc3ccccc23)c1C. The molecule has 1 aliphatic heterocycles. The molecule has 0 fully saturated rings. The molecule has 1 amide bonds. The van der Waals surface area contributed by atoms with Crippen LogP contribution in [0.15, 0.2) is 53.1 Å². The van der Waals surface area contributed by atoms with Gasteiger partial charge in [0.15, 0.2) is 0 Å². The van der Waals surface area contributed by atoms with Gasteiger partial charge in [-0.3, -0.25) is 4.79 Å². The molecule has 1 aromatic heterocycles. The highest BCUT2D eigenvalue weighted by atomic mass is 16.2. The predicted molar refractivity (Wildman–Crippen MR) is 99.8 cm³/mol. The van der Waals surface area contributed by atoms with Crippen molar-refractivity contribution in [3.63, 3.8) is 0 Å². The van der Waals surface area contributed by atoms with Crippen molar-refractivity contribution in [2.75, 3.05) is 0 Å². The van der Waals surface area contributed by atoms with E-state index in [1.54, 1.807) is 0 Å². The third kappa shape index (κ3) is 2.45. The van der Waals surface area contributed by atoms with E-state index in [1.165, 1.54) is 5.39 Å². The van der Waals surface area contributed by atoms with Crippen LogP contribution >= 0.6 is 0 Å². The second-order valence-electron chi connectivity index (χ2n) is 6.19. The Hall–Kier alpha value is -3.21. The van der Waals surface area contributed by atoms with Crippen LogP contribution in [0.2, 0.25) is 0 Å². The molecular weight excluding hydrogens is 312 g/mol. The zero-order valence-corrected chi connectivity index (χ0v) is 14.4. The number of nitrogens with zero attached hydrogens (tertiary/aromatic N) is 3.